The molecule has 2 rings (SSSR count). The van der Waals surface area contributed by atoms with Crippen LogP contribution in [0.1, 0.15) is 31.0 Å². The average Bonchev–Trinajstić information content (AvgIpc) is 2.97. The van der Waals surface area contributed by atoms with Gasteiger partial charge in [0.25, 0.3) is 0 Å². The van der Waals surface area contributed by atoms with E-state index in [0.717, 1.165) is 19.3 Å². The minimum Gasteiger partial charge on any atom is -0.355 e. The van der Waals surface area contributed by atoms with Crippen LogP contribution in [0.15, 0.2) is 4.52 Å². The van der Waals surface area contributed by atoms with E-state index >= 15 is 0 Å². The second-order valence-electron chi connectivity index (χ2n) is 4.81. The second-order valence-corrected chi connectivity index (χ2v) is 4.81. The van der Waals surface area contributed by atoms with Gasteiger partial charge in [-0.25, -0.2) is 0 Å². The fraction of sp³-hybridized carbons (Fsp3) is 0.750. The van der Waals surface area contributed by atoms with Gasteiger partial charge < -0.3 is 15.6 Å². The number of hydrogen-bond donors (Lipinski definition) is 2. The third kappa shape index (κ3) is 3.07. The Hall–Kier alpha value is -1.43. The smallest absolute Gasteiger partial charge is 0.228 e. The van der Waals surface area contributed by atoms with Crippen molar-refractivity contribution in [1.82, 2.24) is 15.5 Å². The van der Waals surface area contributed by atoms with E-state index in [-0.39, 0.29) is 11.8 Å². The first-order valence-corrected chi connectivity index (χ1v) is 6.47. The van der Waals surface area contributed by atoms with Crippen LogP contribution in [0.4, 0.5) is 0 Å². The molecule has 3 N–H and O–H groups in total. The molecule has 1 heterocycles. The topological polar surface area (TPSA) is 94.0 Å². The molecular weight excluding hydrogens is 232 g/mol. The summed E-state index contributed by atoms with van der Waals surface area (Å²) in [6.07, 6.45) is 3.69. The molecule has 1 saturated carbocycles. The van der Waals surface area contributed by atoms with Crippen molar-refractivity contribution in [3.05, 3.63) is 11.7 Å². The predicted molar refractivity (Wildman–Crippen MR) is 65.6 cm³/mol. The lowest BCUT2D eigenvalue weighted by Gasteiger charge is -2.16. The minimum atomic E-state index is 0.0828. The van der Waals surface area contributed by atoms with Crippen LogP contribution in [-0.4, -0.2) is 29.1 Å². The number of nitrogens with one attached hydrogen (secondary N) is 1. The van der Waals surface area contributed by atoms with E-state index in [2.05, 4.69) is 15.5 Å². The molecule has 1 fully saturated rings. The summed E-state index contributed by atoms with van der Waals surface area (Å²) in [5.74, 6) is 1.72. The Bertz CT molecular complexity index is 405. The number of hydrogen-bond acceptors (Lipinski definition) is 5. The zero-order valence-corrected chi connectivity index (χ0v) is 10.7. The van der Waals surface area contributed by atoms with Crippen LogP contribution in [0.2, 0.25) is 0 Å². The van der Waals surface area contributed by atoms with E-state index < -0.39 is 0 Å². The first kappa shape index (κ1) is 13.0. The number of carbonyl (C=O) groups excluding carboxylic acids is 1. The van der Waals surface area contributed by atoms with Crippen LogP contribution < -0.4 is 11.1 Å². The van der Waals surface area contributed by atoms with Gasteiger partial charge in [0.1, 0.15) is 0 Å². The highest BCUT2D eigenvalue weighted by molar-refractivity contribution is 5.79. The Morgan fingerprint density at radius 3 is 3.06 bits per heavy atom. The molecule has 18 heavy (non-hydrogen) atoms. The zero-order valence-electron chi connectivity index (χ0n) is 10.7. The van der Waals surface area contributed by atoms with Crippen molar-refractivity contribution in [2.24, 2.45) is 17.6 Å². The Balaban J connectivity index is 1.74. The maximum absolute atomic E-state index is 12.0. The van der Waals surface area contributed by atoms with Gasteiger partial charge in [0.2, 0.25) is 11.8 Å². The van der Waals surface area contributed by atoms with Gasteiger partial charge >= 0.3 is 0 Å². The third-order valence-corrected chi connectivity index (χ3v) is 3.51. The molecule has 100 valence electrons. The molecule has 2 atom stereocenters. The predicted octanol–water partition coefficient (Wildman–Crippen LogP) is 0.412. The lowest BCUT2D eigenvalue weighted by molar-refractivity contribution is -0.125. The molecule has 1 aliphatic carbocycles. The van der Waals surface area contributed by atoms with Crippen LogP contribution in [0, 0.1) is 18.8 Å². The Morgan fingerprint density at radius 1 is 1.56 bits per heavy atom. The lowest BCUT2D eigenvalue weighted by Crippen LogP contribution is -2.36. The summed E-state index contributed by atoms with van der Waals surface area (Å²) in [7, 11) is 0. The summed E-state index contributed by atoms with van der Waals surface area (Å²) in [6, 6.07) is 0. The van der Waals surface area contributed by atoms with Crippen molar-refractivity contribution in [2.75, 3.05) is 13.1 Å². The Kier molecular flexibility index (Phi) is 4.30. The number of nitrogens with zero attached hydrogens (tertiary/aromatic N) is 2. The summed E-state index contributed by atoms with van der Waals surface area (Å²) < 4.78 is 4.98. The summed E-state index contributed by atoms with van der Waals surface area (Å²) in [5, 5.41) is 6.63. The van der Waals surface area contributed by atoms with E-state index in [4.69, 9.17) is 10.3 Å². The molecule has 1 aliphatic rings. The molecule has 0 bridgehead atoms. The molecule has 6 nitrogen and oxygen atoms in total. The summed E-state index contributed by atoms with van der Waals surface area (Å²) in [5.41, 5.74) is 5.67. The van der Waals surface area contributed by atoms with Crippen molar-refractivity contribution < 1.29 is 9.32 Å². The Labute approximate surface area is 106 Å². The first-order chi connectivity index (χ1) is 8.70. The van der Waals surface area contributed by atoms with E-state index in [1.165, 1.54) is 0 Å². The van der Waals surface area contributed by atoms with Crippen molar-refractivity contribution in [1.29, 1.82) is 0 Å². The molecule has 0 spiro atoms. The fourth-order valence-corrected chi connectivity index (χ4v) is 2.53. The maximum Gasteiger partial charge on any atom is 0.228 e. The van der Waals surface area contributed by atoms with Gasteiger partial charge in [-0.3, -0.25) is 4.79 Å². The van der Waals surface area contributed by atoms with Gasteiger partial charge in [0.15, 0.2) is 5.82 Å². The normalized spacial score (nSPS) is 23.2. The number of carbonyl (C=O) groups is 1. The minimum absolute atomic E-state index is 0.0828. The maximum atomic E-state index is 12.0. The van der Waals surface area contributed by atoms with Gasteiger partial charge in [-0.1, -0.05) is 11.6 Å². The molecule has 0 saturated heterocycles. The van der Waals surface area contributed by atoms with E-state index in [0.29, 0.717) is 37.1 Å². The zero-order chi connectivity index (χ0) is 13.0. The molecule has 1 aromatic heterocycles. The van der Waals surface area contributed by atoms with Gasteiger partial charge in [-0.05, 0) is 32.2 Å². The van der Waals surface area contributed by atoms with E-state index in [1.54, 1.807) is 6.92 Å². The van der Waals surface area contributed by atoms with Crippen LogP contribution in [0.25, 0.3) is 0 Å². The van der Waals surface area contributed by atoms with Crippen LogP contribution in [0.5, 0.6) is 0 Å². The number of aryl methyl sites for hydroxylation is 1. The molecule has 1 amide bonds. The number of amides is 1. The van der Waals surface area contributed by atoms with Gasteiger partial charge in [-0.15, -0.1) is 0 Å². The molecule has 6 heteroatoms. The SMILES string of the molecule is Cc1noc(CCNC(=O)C2CCCC2CN)n1. The molecule has 0 aliphatic heterocycles. The van der Waals surface area contributed by atoms with Crippen LogP contribution in [-0.2, 0) is 11.2 Å². The fourth-order valence-electron chi connectivity index (χ4n) is 2.53. The van der Waals surface area contributed by atoms with Crippen molar-refractivity contribution in [3.8, 4) is 0 Å². The third-order valence-electron chi connectivity index (χ3n) is 3.51. The monoisotopic (exact) mass is 252 g/mol. The van der Waals surface area contributed by atoms with E-state index in [9.17, 15) is 4.79 Å². The lowest BCUT2D eigenvalue weighted by atomic mass is 9.95. The van der Waals surface area contributed by atoms with Gasteiger partial charge in [0, 0.05) is 18.9 Å². The number of aromatic nitrogens is 2. The Morgan fingerprint density at radius 2 is 2.39 bits per heavy atom. The van der Waals surface area contributed by atoms with Crippen LogP contribution >= 0.6 is 0 Å². The second kappa shape index (κ2) is 5.95. The molecule has 0 aromatic carbocycles. The first-order valence-electron chi connectivity index (χ1n) is 6.47. The molecular formula is C12H20N4O2. The van der Waals surface area contributed by atoms with Crippen molar-refractivity contribution in [2.45, 2.75) is 32.6 Å². The highest BCUT2D eigenvalue weighted by Gasteiger charge is 2.31. The molecule has 2 unspecified atom stereocenters. The van der Waals surface area contributed by atoms with Crippen molar-refractivity contribution >= 4 is 5.91 Å². The average molecular weight is 252 g/mol. The quantitative estimate of drug-likeness (QED) is 0.791. The van der Waals surface area contributed by atoms with Gasteiger partial charge in [-0.2, -0.15) is 4.98 Å². The summed E-state index contributed by atoms with van der Waals surface area (Å²) in [4.78, 5) is 16.1. The highest BCUT2D eigenvalue weighted by atomic mass is 16.5. The van der Waals surface area contributed by atoms with E-state index in [1.807, 2.05) is 0 Å². The van der Waals surface area contributed by atoms with Crippen LogP contribution in [0.3, 0.4) is 0 Å². The van der Waals surface area contributed by atoms with Crippen molar-refractivity contribution in [3.63, 3.8) is 0 Å². The summed E-state index contributed by atoms with van der Waals surface area (Å²) in [6.45, 7) is 2.91. The standard InChI is InChI=1S/C12H20N4O2/c1-8-15-11(18-16-8)5-6-14-12(17)10-4-2-3-9(10)7-13/h9-10H,2-7,13H2,1H3,(H,14,17). The molecule has 0 radical (unpaired) electrons. The number of rotatable bonds is 5. The largest absolute Gasteiger partial charge is 0.355 e. The summed E-state index contributed by atoms with van der Waals surface area (Å²) >= 11 is 0. The molecule has 1 aromatic rings. The highest BCUT2D eigenvalue weighted by Crippen LogP contribution is 2.30. The van der Waals surface area contributed by atoms with Gasteiger partial charge in [0.05, 0.1) is 0 Å². The number of nitrogens with two attached hydrogens (primary N) is 1.